The van der Waals surface area contributed by atoms with Crippen molar-refractivity contribution in [3.63, 3.8) is 0 Å². The Bertz CT molecular complexity index is 339. The maximum atomic E-state index is 11.3. The standard InChI is InChI=1S/C9H13NO3S/c11-7-1-3-10-5-6(7)9(13)8(12)2-4-14/h1,3,5,8-9,12-14H,2,4H2,(H,10,11). The number of pyridine rings is 1. The first kappa shape index (κ1) is 11.3. The Morgan fingerprint density at radius 1 is 1.50 bits per heavy atom. The zero-order valence-electron chi connectivity index (χ0n) is 7.55. The van der Waals surface area contributed by atoms with Crippen LogP contribution in [0.1, 0.15) is 18.1 Å². The third kappa shape index (κ3) is 2.60. The molecule has 0 aliphatic heterocycles. The van der Waals surface area contributed by atoms with Crippen molar-refractivity contribution in [2.24, 2.45) is 0 Å². The summed E-state index contributed by atoms with van der Waals surface area (Å²) < 4.78 is 0. The second-order valence-corrected chi connectivity index (χ2v) is 3.44. The van der Waals surface area contributed by atoms with Gasteiger partial charge in [0.15, 0.2) is 5.43 Å². The highest BCUT2D eigenvalue weighted by Gasteiger charge is 2.19. The van der Waals surface area contributed by atoms with Crippen molar-refractivity contribution in [2.75, 3.05) is 5.75 Å². The highest BCUT2D eigenvalue weighted by molar-refractivity contribution is 7.80. The van der Waals surface area contributed by atoms with Crippen molar-refractivity contribution in [1.82, 2.24) is 4.98 Å². The van der Waals surface area contributed by atoms with E-state index in [1.54, 1.807) is 0 Å². The number of thiol groups is 1. The molecule has 2 atom stereocenters. The first-order chi connectivity index (χ1) is 6.66. The van der Waals surface area contributed by atoms with Gasteiger partial charge in [-0.15, -0.1) is 0 Å². The fraction of sp³-hybridized carbons (Fsp3) is 0.444. The van der Waals surface area contributed by atoms with E-state index in [1.807, 2.05) is 0 Å². The summed E-state index contributed by atoms with van der Waals surface area (Å²) in [6.07, 6.45) is 1.12. The SMILES string of the molecule is O=c1cc[nH]cc1C(O)C(O)CCS. The second kappa shape index (κ2) is 5.19. The third-order valence-electron chi connectivity index (χ3n) is 1.96. The lowest BCUT2D eigenvalue weighted by atomic mass is 10.0. The lowest BCUT2D eigenvalue weighted by Gasteiger charge is -2.16. The Labute approximate surface area is 87.0 Å². The van der Waals surface area contributed by atoms with Gasteiger partial charge in [0.25, 0.3) is 0 Å². The number of hydrogen-bond donors (Lipinski definition) is 4. The summed E-state index contributed by atoms with van der Waals surface area (Å²) in [5.74, 6) is 0.461. The zero-order valence-corrected chi connectivity index (χ0v) is 8.45. The summed E-state index contributed by atoms with van der Waals surface area (Å²) in [5, 5.41) is 19.0. The zero-order chi connectivity index (χ0) is 10.6. The highest BCUT2D eigenvalue weighted by Crippen LogP contribution is 2.14. The predicted molar refractivity (Wildman–Crippen MR) is 56.5 cm³/mol. The van der Waals surface area contributed by atoms with Gasteiger partial charge in [-0.3, -0.25) is 4.79 Å². The molecule has 4 nitrogen and oxygen atoms in total. The summed E-state index contributed by atoms with van der Waals surface area (Å²) in [6, 6.07) is 1.31. The van der Waals surface area contributed by atoms with Gasteiger partial charge in [0.2, 0.25) is 0 Å². The quantitative estimate of drug-likeness (QED) is 0.538. The molecule has 0 aromatic carbocycles. The molecular formula is C9H13NO3S. The Morgan fingerprint density at radius 3 is 2.79 bits per heavy atom. The van der Waals surface area contributed by atoms with E-state index in [9.17, 15) is 15.0 Å². The molecule has 3 N–H and O–H groups in total. The average molecular weight is 215 g/mol. The van der Waals surface area contributed by atoms with Gasteiger partial charge in [0, 0.05) is 24.0 Å². The normalized spacial score (nSPS) is 15.1. The Hall–Kier alpha value is -0.780. The first-order valence-corrected chi connectivity index (χ1v) is 4.94. The number of aliphatic hydroxyl groups excluding tert-OH is 2. The van der Waals surface area contributed by atoms with Crippen LogP contribution in [-0.4, -0.2) is 27.1 Å². The molecule has 0 spiro atoms. The number of rotatable bonds is 4. The van der Waals surface area contributed by atoms with E-state index in [0.29, 0.717) is 12.2 Å². The summed E-state index contributed by atoms with van der Waals surface area (Å²) in [5.41, 5.74) is -0.101. The van der Waals surface area contributed by atoms with Crippen LogP contribution < -0.4 is 5.43 Å². The van der Waals surface area contributed by atoms with Gasteiger partial charge in [-0.25, -0.2) is 0 Å². The molecule has 2 unspecified atom stereocenters. The monoisotopic (exact) mass is 215 g/mol. The van der Waals surface area contributed by atoms with Crippen molar-refractivity contribution in [2.45, 2.75) is 18.6 Å². The number of aromatic amines is 1. The van der Waals surface area contributed by atoms with E-state index >= 15 is 0 Å². The molecule has 1 aromatic rings. The Kier molecular flexibility index (Phi) is 4.19. The van der Waals surface area contributed by atoms with Crippen molar-refractivity contribution < 1.29 is 10.2 Å². The minimum atomic E-state index is -1.15. The molecule has 0 aliphatic carbocycles. The molecule has 14 heavy (non-hydrogen) atoms. The van der Waals surface area contributed by atoms with Crippen LogP contribution in [0, 0.1) is 0 Å². The van der Waals surface area contributed by atoms with Gasteiger partial charge in [0.05, 0.1) is 6.10 Å². The number of hydrogen-bond acceptors (Lipinski definition) is 4. The minimum absolute atomic E-state index is 0.182. The molecule has 0 fully saturated rings. The van der Waals surface area contributed by atoms with Crippen LogP contribution in [0.3, 0.4) is 0 Å². The van der Waals surface area contributed by atoms with Crippen molar-refractivity contribution >= 4 is 12.6 Å². The summed E-state index contributed by atoms with van der Waals surface area (Å²) >= 11 is 3.94. The van der Waals surface area contributed by atoms with Gasteiger partial charge in [-0.05, 0) is 12.2 Å². The second-order valence-electron chi connectivity index (χ2n) is 2.99. The molecule has 0 saturated heterocycles. The van der Waals surface area contributed by atoms with Crippen LogP contribution in [0.15, 0.2) is 23.3 Å². The van der Waals surface area contributed by atoms with Crippen LogP contribution in [0.2, 0.25) is 0 Å². The lowest BCUT2D eigenvalue weighted by Crippen LogP contribution is -2.24. The van der Waals surface area contributed by atoms with E-state index in [4.69, 9.17) is 0 Å². The third-order valence-corrected chi connectivity index (χ3v) is 2.22. The Morgan fingerprint density at radius 2 is 2.21 bits per heavy atom. The minimum Gasteiger partial charge on any atom is -0.390 e. The fourth-order valence-electron chi connectivity index (χ4n) is 1.16. The molecule has 0 radical (unpaired) electrons. The average Bonchev–Trinajstić information content (AvgIpc) is 2.18. The smallest absolute Gasteiger partial charge is 0.187 e. The van der Waals surface area contributed by atoms with Gasteiger partial charge in [-0.1, -0.05) is 0 Å². The summed E-state index contributed by atoms with van der Waals surface area (Å²) in [4.78, 5) is 13.9. The van der Waals surface area contributed by atoms with Crippen LogP contribution >= 0.6 is 12.6 Å². The first-order valence-electron chi connectivity index (χ1n) is 4.31. The van der Waals surface area contributed by atoms with E-state index in [0.717, 1.165) is 0 Å². The molecule has 0 amide bonds. The molecule has 5 heteroatoms. The van der Waals surface area contributed by atoms with Gasteiger partial charge >= 0.3 is 0 Å². The van der Waals surface area contributed by atoms with Crippen LogP contribution in [0.4, 0.5) is 0 Å². The number of aromatic nitrogens is 1. The van der Waals surface area contributed by atoms with Gasteiger partial charge < -0.3 is 15.2 Å². The van der Waals surface area contributed by atoms with Crippen LogP contribution in [-0.2, 0) is 0 Å². The number of H-pyrrole nitrogens is 1. The molecule has 1 rings (SSSR count). The van der Waals surface area contributed by atoms with Gasteiger partial charge in [0.1, 0.15) is 6.10 Å². The van der Waals surface area contributed by atoms with Crippen molar-refractivity contribution in [3.8, 4) is 0 Å². The Balaban J connectivity index is 2.84. The van der Waals surface area contributed by atoms with E-state index in [2.05, 4.69) is 17.6 Å². The molecule has 0 bridgehead atoms. The molecule has 1 aromatic heterocycles. The number of nitrogens with one attached hydrogen (secondary N) is 1. The van der Waals surface area contributed by atoms with Gasteiger partial charge in [-0.2, -0.15) is 12.6 Å². The highest BCUT2D eigenvalue weighted by atomic mass is 32.1. The molecule has 0 saturated carbocycles. The maximum absolute atomic E-state index is 11.3. The number of aliphatic hydroxyl groups is 2. The van der Waals surface area contributed by atoms with Crippen LogP contribution in [0.25, 0.3) is 0 Å². The van der Waals surface area contributed by atoms with E-state index in [1.165, 1.54) is 18.5 Å². The van der Waals surface area contributed by atoms with Crippen molar-refractivity contribution in [1.29, 1.82) is 0 Å². The lowest BCUT2D eigenvalue weighted by molar-refractivity contribution is 0.0164. The van der Waals surface area contributed by atoms with Crippen molar-refractivity contribution in [3.05, 3.63) is 34.2 Å². The molecule has 1 heterocycles. The molecule has 0 aliphatic rings. The summed E-state index contributed by atoms with van der Waals surface area (Å²) in [6.45, 7) is 0. The maximum Gasteiger partial charge on any atom is 0.187 e. The van der Waals surface area contributed by atoms with Crippen LogP contribution in [0.5, 0.6) is 0 Å². The largest absolute Gasteiger partial charge is 0.390 e. The molecular weight excluding hydrogens is 202 g/mol. The van der Waals surface area contributed by atoms with E-state index in [-0.39, 0.29) is 11.0 Å². The topological polar surface area (TPSA) is 73.3 Å². The fourth-order valence-corrected chi connectivity index (χ4v) is 1.42. The van der Waals surface area contributed by atoms with E-state index < -0.39 is 12.2 Å². The molecule has 78 valence electrons. The predicted octanol–water partition coefficient (Wildman–Crippen LogP) is 0.0891. The summed E-state index contributed by atoms with van der Waals surface area (Å²) in [7, 11) is 0.